The topological polar surface area (TPSA) is 17.8 Å². The first-order chi connectivity index (χ1) is 10.2. The lowest BCUT2D eigenvalue weighted by Gasteiger charge is -2.08. The molecule has 2 heteroatoms. The van der Waals surface area contributed by atoms with Crippen molar-refractivity contribution in [1.82, 2.24) is 9.55 Å². The highest BCUT2D eigenvalue weighted by atomic mass is 15.1. The molecular formula is C19H16N2. The van der Waals surface area contributed by atoms with Crippen molar-refractivity contribution in [3.05, 3.63) is 71.9 Å². The molecule has 2 aromatic carbocycles. The second-order valence-corrected chi connectivity index (χ2v) is 5.56. The third-order valence-corrected chi connectivity index (χ3v) is 3.99. The zero-order valence-corrected chi connectivity index (χ0v) is 12.2. The van der Waals surface area contributed by atoms with Crippen LogP contribution in [0.4, 0.5) is 0 Å². The molecule has 0 aliphatic heterocycles. The average Bonchev–Trinajstić information content (AvgIpc) is 2.92. The quantitative estimate of drug-likeness (QED) is 0.487. The van der Waals surface area contributed by atoms with Gasteiger partial charge in [-0.25, -0.2) is 4.98 Å². The van der Waals surface area contributed by atoms with Gasteiger partial charge in [-0.15, -0.1) is 0 Å². The molecule has 21 heavy (non-hydrogen) atoms. The van der Waals surface area contributed by atoms with Gasteiger partial charge in [-0.2, -0.15) is 0 Å². The van der Waals surface area contributed by atoms with Gasteiger partial charge in [0.05, 0.1) is 11.0 Å². The fourth-order valence-corrected chi connectivity index (χ4v) is 2.92. The van der Waals surface area contributed by atoms with Crippen LogP contribution in [0.15, 0.2) is 60.8 Å². The SMILES string of the molecule is Cc1ccc2ccc(-n3ccc4cccc(C)c43)nc2c1. The molecule has 4 aromatic rings. The van der Waals surface area contributed by atoms with E-state index < -0.39 is 0 Å². The monoisotopic (exact) mass is 272 g/mol. The first kappa shape index (κ1) is 12.2. The summed E-state index contributed by atoms with van der Waals surface area (Å²) in [5.74, 6) is 0.970. The highest BCUT2D eigenvalue weighted by Crippen LogP contribution is 2.24. The Bertz CT molecular complexity index is 964. The summed E-state index contributed by atoms with van der Waals surface area (Å²) in [5, 5.41) is 2.43. The van der Waals surface area contributed by atoms with Crippen LogP contribution in [0.5, 0.6) is 0 Å². The molecule has 0 radical (unpaired) electrons. The largest absolute Gasteiger partial charge is 0.301 e. The molecule has 0 saturated carbocycles. The summed E-state index contributed by atoms with van der Waals surface area (Å²) in [6.45, 7) is 4.24. The molecule has 0 aliphatic carbocycles. The molecule has 0 amide bonds. The van der Waals surface area contributed by atoms with Crippen LogP contribution < -0.4 is 0 Å². The Hall–Kier alpha value is -2.61. The van der Waals surface area contributed by atoms with Crippen molar-refractivity contribution < 1.29 is 0 Å². The number of nitrogens with zero attached hydrogens (tertiary/aromatic N) is 2. The summed E-state index contributed by atoms with van der Waals surface area (Å²) in [5.41, 5.74) is 4.78. The van der Waals surface area contributed by atoms with Crippen LogP contribution in [0.25, 0.3) is 27.6 Å². The molecule has 2 aromatic heterocycles. The van der Waals surface area contributed by atoms with Crippen LogP contribution in [0, 0.1) is 13.8 Å². The minimum atomic E-state index is 0.970. The van der Waals surface area contributed by atoms with Gasteiger partial charge in [-0.05, 0) is 49.2 Å². The van der Waals surface area contributed by atoms with Gasteiger partial charge in [-0.3, -0.25) is 0 Å². The highest BCUT2D eigenvalue weighted by Gasteiger charge is 2.07. The van der Waals surface area contributed by atoms with Gasteiger partial charge < -0.3 is 4.57 Å². The molecule has 4 rings (SSSR count). The third-order valence-electron chi connectivity index (χ3n) is 3.99. The van der Waals surface area contributed by atoms with Crippen LogP contribution in [0.3, 0.4) is 0 Å². The lowest BCUT2D eigenvalue weighted by atomic mass is 10.1. The summed E-state index contributed by atoms with van der Waals surface area (Å²) in [6.07, 6.45) is 2.10. The van der Waals surface area contributed by atoms with E-state index in [-0.39, 0.29) is 0 Å². The first-order valence-electron chi connectivity index (χ1n) is 7.17. The Labute approximate surface area is 123 Å². The second-order valence-electron chi connectivity index (χ2n) is 5.56. The third kappa shape index (κ3) is 1.91. The van der Waals surface area contributed by atoms with Gasteiger partial charge >= 0.3 is 0 Å². The fraction of sp³-hybridized carbons (Fsp3) is 0.105. The number of aromatic nitrogens is 2. The van der Waals surface area contributed by atoms with Gasteiger partial charge in [-0.1, -0.05) is 30.3 Å². The number of benzene rings is 2. The van der Waals surface area contributed by atoms with Crippen LogP contribution in [0.2, 0.25) is 0 Å². The second kappa shape index (κ2) is 4.45. The van der Waals surface area contributed by atoms with Crippen LogP contribution in [-0.4, -0.2) is 9.55 Å². The maximum absolute atomic E-state index is 4.83. The van der Waals surface area contributed by atoms with E-state index in [2.05, 4.69) is 79.2 Å². The minimum Gasteiger partial charge on any atom is -0.301 e. The van der Waals surface area contributed by atoms with E-state index >= 15 is 0 Å². The molecule has 0 fully saturated rings. The lowest BCUT2D eigenvalue weighted by molar-refractivity contribution is 1.05. The summed E-state index contributed by atoms with van der Waals surface area (Å²) in [4.78, 5) is 4.83. The zero-order valence-electron chi connectivity index (χ0n) is 12.2. The van der Waals surface area contributed by atoms with Crippen molar-refractivity contribution in [2.75, 3.05) is 0 Å². The van der Waals surface area contributed by atoms with E-state index in [0.29, 0.717) is 0 Å². The molecule has 2 heterocycles. The van der Waals surface area contributed by atoms with Gasteiger partial charge in [0.25, 0.3) is 0 Å². The van der Waals surface area contributed by atoms with E-state index in [1.807, 2.05) is 0 Å². The average molecular weight is 272 g/mol. The number of para-hydroxylation sites is 1. The van der Waals surface area contributed by atoms with Gasteiger partial charge in [0.1, 0.15) is 5.82 Å². The van der Waals surface area contributed by atoms with E-state index in [9.17, 15) is 0 Å². The zero-order chi connectivity index (χ0) is 14.4. The van der Waals surface area contributed by atoms with Gasteiger partial charge in [0, 0.05) is 17.0 Å². The maximum atomic E-state index is 4.83. The Morgan fingerprint density at radius 2 is 1.71 bits per heavy atom. The highest BCUT2D eigenvalue weighted by molar-refractivity contribution is 5.86. The first-order valence-corrected chi connectivity index (χ1v) is 7.17. The Morgan fingerprint density at radius 3 is 2.62 bits per heavy atom. The lowest BCUT2D eigenvalue weighted by Crippen LogP contribution is -1.97. The number of rotatable bonds is 1. The molecule has 0 aliphatic rings. The Kier molecular flexibility index (Phi) is 2.58. The van der Waals surface area contributed by atoms with Gasteiger partial charge in [0.15, 0.2) is 0 Å². The van der Waals surface area contributed by atoms with Crippen LogP contribution in [-0.2, 0) is 0 Å². The van der Waals surface area contributed by atoms with Crippen molar-refractivity contribution in [3.63, 3.8) is 0 Å². The molecule has 0 saturated heterocycles. The Morgan fingerprint density at radius 1 is 0.857 bits per heavy atom. The van der Waals surface area contributed by atoms with E-state index in [1.165, 1.54) is 27.4 Å². The molecule has 2 nitrogen and oxygen atoms in total. The number of aryl methyl sites for hydroxylation is 2. The molecule has 0 atom stereocenters. The molecule has 102 valence electrons. The predicted octanol–water partition coefficient (Wildman–Crippen LogP) is 4.80. The Balaban J connectivity index is 2.00. The summed E-state index contributed by atoms with van der Waals surface area (Å²) < 4.78 is 2.17. The number of hydrogen-bond donors (Lipinski definition) is 0. The van der Waals surface area contributed by atoms with Crippen LogP contribution in [0.1, 0.15) is 11.1 Å². The van der Waals surface area contributed by atoms with Crippen molar-refractivity contribution in [2.45, 2.75) is 13.8 Å². The molecule has 0 spiro atoms. The number of fused-ring (bicyclic) bond motifs is 2. The van der Waals surface area contributed by atoms with E-state index in [4.69, 9.17) is 4.98 Å². The fourth-order valence-electron chi connectivity index (χ4n) is 2.92. The van der Waals surface area contributed by atoms with E-state index in [1.54, 1.807) is 0 Å². The predicted molar refractivity (Wildman–Crippen MR) is 88.1 cm³/mol. The number of pyridine rings is 1. The van der Waals surface area contributed by atoms with Gasteiger partial charge in [0.2, 0.25) is 0 Å². The standard InChI is InChI=1S/C19H16N2/c1-13-6-7-15-8-9-18(20-17(15)12-13)21-11-10-16-5-3-4-14(2)19(16)21/h3-12H,1-2H3. The molecule has 0 unspecified atom stereocenters. The summed E-state index contributed by atoms with van der Waals surface area (Å²) in [6, 6.07) is 19.1. The maximum Gasteiger partial charge on any atom is 0.137 e. The summed E-state index contributed by atoms with van der Waals surface area (Å²) >= 11 is 0. The van der Waals surface area contributed by atoms with Crippen molar-refractivity contribution in [1.29, 1.82) is 0 Å². The summed E-state index contributed by atoms with van der Waals surface area (Å²) in [7, 11) is 0. The molecular weight excluding hydrogens is 256 g/mol. The van der Waals surface area contributed by atoms with Crippen molar-refractivity contribution >= 4 is 21.8 Å². The molecule has 0 bridgehead atoms. The minimum absolute atomic E-state index is 0.970. The molecule has 0 N–H and O–H groups in total. The smallest absolute Gasteiger partial charge is 0.137 e. The van der Waals surface area contributed by atoms with Crippen molar-refractivity contribution in [2.24, 2.45) is 0 Å². The normalized spacial score (nSPS) is 11.3. The number of hydrogen-bond acceptors (Lipinski definition) is 1. The van der Waals surface area contributed by atoms with E-state index in [0.717, 1.165) is 11.3 Å². The van der Waals surface area contributed by atoms with Crippen molar-refractivity contribution in [3.8, 4) is 5.82 Å². The van der Waals surface area contributed by atoms with Crippen LogP contribution >= 0.6 is 0 Å².